The Morgan fingerprint density at radius 2 is 1.16 bits per heavy atom. The minimum atomic E-state index is -0.592. The molecule has 0 unspecified atom stereocenters. The third-order valence-electron chi connectivity index (χ3n) is 13.6. The van der Waals surface area contributed by atoms with Gasteiger partial charge in [-0.05, 0) is 169 Å². The predicted molar refractivity (Wildman–Crippen MR) is 268 cm³/mol. The van der Waals surface area contributed by atoms with Gasteiger partial charge in [-0.1, -0.05) is 164 Å². The molecule has 0 radical (unpaired) electrons. The van der Waals surface area contributed by atoms with Gasteiger partial charge >= 0.3 is 0 Å². The Kier molecular flexibility index (Phi) is 9.52. The molecule has 63 heavy (non-hydrogen) atoms. The minimum Gasteiger partial charge on any atom is -0.310 e. The SMILES string of the molecule is C#C.Cc1cccc(N2c3ccccc3C3(c4cc(/C5=C6\C=CCC\C6=C\C/C=C\C=C/C5)ccc4-c4ccc(-c5c6ccccc6cc6ccccc56)cc43)c3ccccc32)c1. The van der Waals surface area contributed by atoms with Gasteiger partial charge in [0.05, 0.1) is 16.8 Å². The van der Waals surface area contributed by atoms with E-state index in [0.717, 1.165) is 25.7 Å². The van der Waals surface area contributed by atoms with Crippen molar-refractivity contribution in [2.75, 3.05) is 4.90 Å². The molecule has 0 amide bonds. The molecule has 8 aromatic carbocycles. The number of para-hydroxylation sites is 2. The van der Waals surface area contributed by atoms with Crippen molar-refractivity contribution in [3.63, 3.8) is 0 Å². The predicted octanol–water partition coefficient (Wildman–Crippen LogP) is 16.3. The molecule has 300 valence electrons. The van der Waals surface area contributed by atoms with Crippen molar-refractivity contribution in [1.82, 2.24) is 0 Å². The fourth-order valence-electron chi connectivity index (χ4n) is 11.1. The summed E-state index contributed by atoms with van der Waals surface area (Å²) in [5.74, 6) is 0. The molecule has 3 aliphatic carbocycles. The van der Waals surface area contributed by atoms with Gasteiger partial charge in [0.25, 0.3) is 0 Å². The summed E-state index contributed by atoms with van der Waals surface area (Å²) in [6, 6.07) is 62.3. The van der Waals surface area contributed by atoms with E-state index in [0.29, 0.717) is 0 Å². The highest BCUT2D eigenvalue weighted by Crippen LogP contribution is 2.64. The number of fused-ring (bicyclic) bond motifs is 12. The lowest BCUT2D eigenvalue weighted by molar-refractivity contribution is 0.752. The molecule has 0 fully saturated rings. The molecule has 0 saturated heterocycles. The van der Waals surface area contributed by atoms with E-state index in [9.17, 15) is 0 Å². The van der Waals surface area contributed by atoms with E-state index in [-0.39, 0.29) is 0 Å². The zero-order valence-electron chi connectivity index (χ0n) is 35.6. The number of hydrogen-bond acceptors (Lipinski definition) is 1. The maximum Gasteiger partial charge on any atom is 0.0754 e. The number of terminal acetylenes is 1. The van der Waals surface area contributed by atoms with Gasteiger partial charge in [-0.3, -0.25) is 0 Å². The molecular weight excluding hydrogens is 759 g/mol. The van der Waals surface area contributed by atoms with Crippen molar-refractivity contribution in [1.29, 1.82) is 0 Å². The number of allylic oxidation sites excluding steroid dienone is 10. The number of anilines is 3. The number of benzene rings is 8. The van der Waals surface area contributed by atoms with Gasteiger partial charge in [0, 0.05) is 5.69 Å². The van der Waals surface area contributed by atoms with Crippen molar-refractivity contribution in [3.8, 4) is 35.1 Å². The van der Waals surface area contributed by atoms with Crippen LogP contribution in [0, 0.1) is 19.8 Å². The molecule has 12 rings (SSSR count). The summed E-state index contributed by atoms with van der Waals surface area (Å²) >= 11 is 0. The van der Waals surface area contributed by atoms with E-state index in [1.807, 2.05) is 0 Å². The maximum absolute atomic E-state index is 4.00. The molecule has 0 aromatic heterocycles. The Labute approximate surface area is 371 Å². The smallest absolute Gasteiger partial charge is 0.0754 e. The van der Waals surface area contributed by atoms with E-state index < -0.39 is 5.41 Å². The van der Waals surface area contributed by atoms with Crippen LogP contribution in [0.5, 0.6) is 0 Å². The molecule has 1 spiro atoms. The fourth-order valence-corrected chi connectivity index (χ4v) is 11.1. The Bertz CT molecular complexity index is 3220. The first kappa shape index (κ1) is 38.3. The summed E-state index contributed by atoms with van der Waals surface area (Å²) in [6.45, 7) is 2.19. The van der Waals surface area contributed by atoms with Crippen LogP contribution in [-0.4, -0.2) is 0 Å². The topological polar surface area (TPSA) is 3.24 Å². The van der Waals surface area contributed by atoms with Crippen LogP contribution in [0.15, 0.2) is 217 Å². The average Bonchev–Trinajstić information content (AvgIpc) is 3.62. The number of hydrogen-bond donors (Lipinski definition) is 0. The van der Waals surface area contributed by atoms with E-state index in [1.54, 1.807) is 0 Å². The van der Waals surface area contributed by atoms with Crippen molar-refractivity contribution in [2.24, 2.45) is 0 Å². The van der Waals surface area contributed by atoms with Gasteiger partial charge in [-0.25, -0.2) is 0 Å². The van der Waals surface area contributed by atoms with E-state index in [1.165, 1.54) is 111 Å². The standard InChI is InChI=1S/C60H45N.C2H2/c1-40-18-17-23-46(36-40)61-57-30-15-13-28-53(57)60(54-29-14-16-31-58(54)61)55-38-44(48-24-6-4-2-3-5-19-41-20-7-10-25-47(41)48)32-34-51(55)52-35-33-45(39-56(52)60)59-49-26-11-8-21-42(49)37-43-22-9-12-27-50(43)59;1-2/h2-4,6,8-19,21-23,25-39H,5,7,20,24H2,1H3;1-2H/b3-2-,6-4-,41-19-,48-47+;. The first-order valence-electron chi connectivity index (χ1n) is 22.2. The van der Waals surface area contributed by atoms with Gasteiger partial charge in [0.15, 0.2) is 0 Å². The molecule has 4 aliphatic rings. The third-order valence-corrected chi connectivity index (χ3v) is 13.6. The normalized spacial score (nSPS) is 18.5. The molecule has 0 atom stereocenters. The van der Waals surface area contributed by atoms with Crippen molar-refractivity contribution in [3.05, 3.63) is 251 Å². The van der Waals surface area contributed by atoms with Crippen LogP contribution in [0.3, 0.4) is 0 Å². The van der Waals surface area contributed by atoms with Crippen LogP contribution < -0.4 is 4.90 Å². The second-order valence-corrected chi connectivity index (χ2v) is 17.0. The molecule has 0 N–H and O–H groups in total. The first-order chi connectivity index (χ1) is 31.2. The largest absolute Gasteiger partial charge is 0.310 e. The summed E-state index contributed by atoms with van der Waals surface area (Å²) in [5, 5.41) is 5.08. The molecule has 0 saturated carbocycles. The monoisotopic (exact) mass is 805 g/mol. The van der Waals surface area contributed by atoms with Crippen LogP contribution in [-0.2, 0) is 5.41 Å². The van der Waals surface area contributed by atoms with E-state index >= 15 is 0 Å². The minimum absolute atomic E-state index is 0.592. The molecular formula is C62H47N. The molecule has 8 aromatic rings. The second kappa shape index (κ2) is 15.7. The van der Waals surface area contributed by atoms with Gasteiger partial charge in [0.1, 0.15) is 0 Å². The highest BCUT2D eigenvalue weighted by Gasteiger charge is 2.52. The summed E-state index contributed by atoms with van der Waals surface area (Å²) in [4.78, 5) is 2.50. The Hall–Kier alpha value is -7.66. The zero-order valence-corrected chi connectivity index (χ0v) is 35.6. The van der Waals surface area contributed by atoms with Crippen LogP contribution in [0.2, 0.25) is 0 Å². The lowest BCUT2D eigenvalue weighted by Gasteiger charge is -2.45. The fraction of sp³-hybridized carbons (Fsp3) is 0.0968. The maximum atomic E-state index is 4.00. The highest BCUT2D eigenvalue weighted by molar-refractivity contribution is 6.13. The van der Waals surface area contributed by atoms with Crippen molar-refractivity contribution < 1.29 is 0 Å². The van der Waals surface area contributed by atoms with Crippen LogP contribution in [0.25, 0.3) is 49.4 Å². The van der Waals surface area contributed by atoms with Crippen LogP contribution in [0.4, 0.5) is 17.1 Å². The average molecular weight is 806 g/mol. The van der Waals surface area contributed by atoms with Crippen molar-refractivity contribution >= 4 is 44.2 Å². The van der Waals surface area contributed by atoms with E-state index in [4.69, 9.17) is 0 Å². The molecule has 0 bridgehead atoms. The van der Waals surface area contributed by atoms with Crippen LogP contribution >= 0.6 is 0 Å². The molecule has 1 heterocycles. The first-order valence-corrected chi connectivity index (χ1v) is 22.2. The second-order valence-electron chi connectivity index (χ2n) is 17.0. The van der Waals surface area contributed by atoms with Gasteiger partial charge in [0.2, 0.25) is 0 Å². The van der Waals surface area contributed by atoms with E-state index in [2.05, 4.69) is 231 Å². The highest BCUT2D eigenvalue weighted by atomic mass is 15.2. The van der Waals surface area contributed by atoms with Gasteiger partial charge < -0.3 is 4.90 Å². The zero-order chi connectivity index (χ0) is 42.5. The third kappa shape index (κ3) is 6.01. The lowest BCUT2D eigenvalue weighted by Crippen LogP contribution is -2.36. The Morgan fingerprint density at radius 3 is 1.86 bits per heavy atom. The summed E-state index contributed by atoms with van der Waals surface area (Å²) < 4.78 is 0. The molecule has 1 aliphatic heterocycles. The molecule has 1 nitrogen and oxygen atoms in total. The summed E-state index contributed by atoms with van der Waals surface area (Å²) in [7, 11) is 0. The van der Waals surface area contributed by atoms with Crippen molar-refractivity contribution in [2.45, 2.75) is 38.0 Å². The summed E-state index contributed by atoms with van der Waals surface area (Å²) in [5.41, 5.74) is 20.2. The summed E-state index contributed by atoms with van der Waals surface area (Å²) in [6.07, 6.45) is 28.2. The Balaban J connectivity index is 0.00000219. The quantitative estimate of drug-likeness (QED) is 0.127. The number of nitrogens with zero attached hydrogens (tertiary/aromatic N) is 1. The van der Waals surface area contributed by atoms with Crippen LogP contribution in [0.1, 0.15) is 59.1 Å². The number of rotatable bonds is 3. The number of aryl methyl sites for hydroxylation is 1. The van der Waals surface area contributed by atoms with Gasteiger partial charge in [-0.15, -0.1) is 12.8 Å². The lowest BCUT2D eigenvalue weighted by atomic mass is 9.64. The van der Waals surface area contributed by atoms with Gasteiger partial charge in [-0.2, -0.15) is 0 Å². The Morgan fingerprint density at radius 1 is 0.540 bits per heavy atom. The molecule has 1 heteroatoms.